The highest BCUT2D eigenvalue weighted by atomic mass is 35.5. The van der Waals surface area contributed by atoms with Crippen LogP contribution in [0.5, 0.6) is 0 Å². The first kappa shape index (κ1) is 13.9. The molecule has 0 saturated heterocycles. The van der Waals surface area contributed by atoms with Crippen molar-refractivity contribution in [2.45, 2.75) is 6.92 Å². The molecule has 0 aliphatic carbocycles. The number of aryl methyl sites for hydroxylation is 1. The van der Waals surface area contributed by atoms with Crippen LogP contribution in [0.3, 0.4) is 0 Å². The summed E-state index contributed by atoms with van der Waals surface area (Å²) in [4.78, 5) is 4.68. The van der Waals surface area contributed by atoms with E-state index >= 15 is 0 Å². The maximum Gasteiger partial charge on any atom is 0.156 e. The van der Waals surface area contributed by atoms with Crippen LogP contribution >= 0.6 is 11.6 Å². The van der Waals surface area contributed by atoms with Crippen molar-refractivity contribution in [2.24, 2.45) is 0 Å². The van der Waals surface area contributed by atoms with Crippen LogP contribution in [-0.4, -0.2) is 9.38 Å². The van der Waals surface area contributed by atoms with E-state index in [4.69, 9.17) is 16.0 Å². The van der Waals surface area contributed by atoms with Crippen molar-refractivity contribution in [3.63, 3.8) is 0 Å². The zero-order valence-electron chi connectivity index (χ0n) is 12.5. The third kappa shape index (κ3) is 2.58. The van der Waals surface area contributed by atoms with Gasteiger partial charge in [0.2, 0.25) is 0 Å². The molecule has 0 saturated carbocycles. The summed E-state index contributed by atoms with van der Waals surface area (Å²) in [5.41, 5.74) is 2.53. The first-order chi connectivity index (χ1) is 11.2. The molecule has 0 fully saturated rings. The number of nitrogens with one attached hydrogen (secondary N) is 1. The molecule has 4 rings (SSSR count). The van der Waals surface area contributed by atoms with Gasteiger partial charge in [-0.3, -0.25) is 4.40 Å². The zero-order chi connectivity index (χ0) is 15.8. The Labute approximate surface area is 138 Å². The molecule has 0 amide bonds. The number of pyridine rings is 1. The highest BCUT2D eigenvalue weighted by Crippen LogP contribution is 2.32. The van der Waals surface area contributed by atoms with Crippen LogP contribution in [-0.2, 0) is 0 Å². The van der Waals surface area contributed by atoms with Crippen LogP contribution in [0.4, 0.5) is 11.5 Å². The van der Waals surface area contributed by atoms with Crippen LogP contribution < -0.4 is 5.32 Å². The quantitative estimate of drug-likeness (QED) is 0.556. The van der Waals surface area contributed by atoms with E-state index in [1.165, 1.54) is 0 Å². The Morgan fingerprint density at radius 2 is 1.87 bits per heavy atom. The molecule has 23 heavy (non-hydrogen) atoms. The van der Waals surface area contributed by atoms with Gasteiger partial charge in [-0.25, -0.2) is 4.98 Å². The van der Waals surface area contributed by atoms with Gasteiger partial charge < -0.3 is 9.73 Å². The van der Waals surface area contributed by atoms with Gasteiger partial charge in [0.25, 0.3) is 0 Å². The molecule has 0 unspecified atom stereocenters. The number of rotatable bonds is 3. The normalized spacial score (nSPS) is 11.0. The lowest BCUT2D eigenvalue weighted by Crippen LogP contribution is -1.96. The predicted octanol–water partition coefficient (Wildman–Crippen LogP) is 5.30. The number of anilines is 2. The maximum absolute atomic E-state index is 6.15. The molecule has 114 valence electrons. The van der Waals surface area contributed by atoms with Gasteiger partial charge in [-0.15, -0.1) is 0 Å². The van der Waals surface area contributed by atoms with E-state index in [2.05, 4.69) is 10.3 Å². The fourth-order valence-corrected chi connectivity index (χ4v) is 2.69. The van der Waals surface area contributed by atoms with Crippen LogP contribution in [0.2, 0.25) is 5.02 Å². The van der Waals surface area contributed by atoms with Gasteiger partial charge in [0.05, 0.1) is 5.02 Å². The monoisotopic (exact) mass is 323 g/mol. The van der Waals surface area contributed by atoms with Gasteiger partial charge in [-0.05, 0) is 43.3 Å². The predicted molar refractivity (Wildman–Crippen MR) is 92.4 cm³/mol. The molecule has 1 N–H and O–H groups in total. The summed E-state index contributed by atoms with van der Waals surface area (Å²) in [5, 5.41) is 4.06. The van der Waals surface area contributed by atoms with Gasteiger partial charge in [-0.1, -0.05) is 29.8 Å². The van der Waals surface area contributed by atoms with Crippen molar-refractivity contribution in [1.82, 2.24) is 9.38 Å². The van der Waals surface area contributed by atoms with Crippen LogP contribution in [0.1, 0.15) is 5.76 Å². The lowest BCUT2D eigenvalue weighted by Gasteiger charge is -2.08. The number of benzene rings is 1. The minimum atomic E-state index is 0.646. The largest absolute Gasteiger partial charge is 0.460 e. The van der Waals surface area contributed by atoms with Gasteiger partial charge >= 0.3 is 0 Å². The Hall–Kier alpha value is -2.72. The number of furan rings is 1. The fourth-order valence-electron chi connectivity index (χ4n) is 2.53. The topological polar surface area (TPSA) is 42.5 Å². The van der Waals surface area contributed by atoms with Crippen molar-refractivity contribution in [2.75, 3.05) is 5.32 Å². The molecular weight excluding hydrogens is 310 g/mol. The van der Waals surface area contributed by atoms with E-state index in [0.717, 1.165) is 34.4 Å². The van der Waals surface area contributed by atoms with Gasteiger partial charge in [-0.2, -0.15) is 0 Å². The highest BCUT2D eigenvalue weighted by molar-refractivity contribution is 6.30. The number of imidazole rings is 1. The standard InChI is InChI=1S/C18H14ClN3O/c1-12-7-9-15(23-12)17-18(20-14-5-3-2-4-6-14)22-11-13(19)8-10-16(22)21-17/h2-11,20H,1H3. The zero-order valence-corrected chi connectivity index (χ0v) is 13.2. The summed E-state index contributed by atoms with van der Waals surface area (Å²) in [6.07, 6.45) is 1.84. The molecule has 5 heteroatoms. The van der Waals surface area contributed by atoms with Crippen molar-refractivity contribution < 1.29 is 4.42 Å². The number of para-hydroxylation sites is 1. The highest BCUT2D eigenvalue weighted by Gasteiger charge is 2.17. The minimum absolute atomic E-state index is 0.646. The Morgan fingerprint density at radius 3 is 2.61 bits per heavy atom. The molecule has 0 aliphatic heterocycles. The van der Waals surface area contributed by atoms with Crippen LogP contribution in [0.25, 0.3) is 17.1 Å². The number of fused-ring (bicyclic) bond motifs is 1. The summed E-state index contributed by atoms with van der Waals surface area (Å²) in [7, 11) is 0. The number of hydrogen-bond donors (Lipinski definition) is 1. The molecule has 0 aliphatic rings. The Bertz CT molecular complexity index is 973. The lowest BCUT2D eigenvalue weighted by atomic mass is 10.3. The smallest absolute Gasteiger partial charge is 0.156 e. The van der Waals surface area contributed by atoms with Crippen LogP contribution in [0.15, 0.2) is 65.2 Å². The molecule has 3 heterocycles. The molecule has 0 radical (unpaired) electrons. The van der Waals surface area contributed by atoms with Gasteiger partial charge in [0.1, 0.15) is 22.9 Å². The minimum Gasteiger partial charge on any atom is -0.460 e. The van der Waals surface area contributed by atoms with Crippen molar-refractivity contribution >= 4 is 28.8 Å². The van der Waals surface area contributed by atoms with Gasteiger partial charge in [0.15, 0.2) is 5.76 Å². The molecular formula is C18H14ClN3O. The number of halogens is 1. The second kappa shape index (κ2) is 5.48. The van der Waals surface area contributed by atoms with Crippen molar-refractivity contribution in [3.05, 3.63) is 71.6 Å². The van der Waals surface area contributed by atoms with E-state index in [0.29, 0.717) is 5.02 Å². The van der Waals surface area contributed by atoms with Crippen LogP contribution in [0, 0.1) is 6.92 Å². The average molecular weight is 324 g/mol. The molecule has 1 aromatic carbocycles. The Balaban J connectivity index is 1.92. The summed E-state index contributed by atoms with van der Waals surface area (Å²) >= 11 is 6.15. The third-order valence-corrected chi connectivity index (χ3v) is 3.82. The molecule has 4 aromatic rings. The SMILES string of the molecule is Cc1ccc(-c2nc3ccc(Cl)cn3c2Nc2ccccc2)o1. The molecule has 0 bridgehead atoms. The molecule has 4 nitrogen and oxygen atoms in total. The summed E-state index contributed by atoms with van der Waals surface area (Å²) in [6, 6.07) is 17.5. The second-order valence-electron chi connectivity index (χ2n) is 5.29. The summed E-state index contributed by atoms with van der Waals surface area (Å²) in [6.45, 7) is 1.92. The van der Waals surface area contributed by atoms with E-state index < -0.39 is 0 Å². The average Bonchev–Trinajstić information content (AvgIpc) is 3.13. The number of hydrogen-bond acceptors (Lipinski definition) is 3. The fraction of sp³-hybridized carbons (Fsp3) is 0.0556. The van der Waals surface area contributed by atoms with E-state index in [1.807, 2.05) is 72.1 Å². The van der Waals surface area contributed by atoms with Crippen molar-refractivity contribution in [3.8, 4) is 11.5 Å². The first-order valence-corrected chi connectivity index (χ1v) is 7.65. The van der Waals surface area contributed by atoms with Gasteiger partial charge in [0, 0.05) is 11.9 Å². The van der Waals surface area contributed by atoms with Crippen molar-refractivity contribution in [1.29, 1.82) is 0 Å². The Kier molecular flexibility index (Phi) is 3.32. The summed E-state index contributed by atoms with van der Waals surface area (Å²) < 4.78 is 7.69. The molecule has 0 spiro atoms. The molecule has 3 aromatic heterocycles. The second-order valence-corrected chi connectivity index (χ2v) is 5.72. The lowest BCUT2D eigenvalue weighted by molar-refractivity contribution is 0.547. The maximum atomic E-state index is 6.15. The van der Waals surface area contributed by atoms with E-state index in [-0.39, 0.29) is 0 Å². The van der Waals surface area contributed by atoms with E-state index in [9.17, 15) is 0 Å². The Morgan fingerprint density at radius 1 is 1.04 bits per heavy atom. The number of aromatic nitrogens is 2. The van der Waals surface area contributed by atoms with E-state index in [1.54, 1.807) is 0 Å². The number of nitrogens with zero attached hydrogens (tertiary/aromatic N) is 2. The molecule has 0 atom stereocenters. The first-order valence-electron chi connectivity index (χ1n) is 7.27. The third-order valence-electron chi connectivity index (χ3n) is 3.59. The summed E-state index contributed by atoms with van der Waals surface area (Å²) in [5.74, 6) is 2.39.